The van der Waals surface area contributed by atoms with Gasteiger partial charge in [-0.2, -0.15) is 0 Å². The fourth-order valence-electron chi connectivity index (χ4n) is 3.08. The van der Waals surface area contributed by atoms with Crippen molar-refractivity contribution in [3.63, 3.8) is 0 Å². The van der Waals surface area contributed by atoms with Crippen molar-refractivity contribution < 1.29 is 68.8 Å². The van der Waals surface area contributed by atoms with Gasteiger partial charge in [-0.3, -0.25) is 4.79 Å². The van der Waals surface area contributed by atoms with E-state index in [1.165, 1.54) is 57.1 Å². The molecule has 0 aliphatic rings. The molecular weight excluding hydrogens is 465 g/mol. The van der Waals surface area contributed by atoms with E-state index in [9.17, 15) is 24.3 Å². The molecule has 1 rings (SSSR count). The van der Waals surface area contributed by atoms with Crippen LogP contribution in [0.2, 0.25) is 0 Å². The summed E-state index contributed by atoms with van der Waals surface area (Å²) < 4.78 is 5.19. The molecule has 0 aromatic heterocycles. The predicted octanol–water partition coefficient (Wildman–Crippen LogP) is 0.395. The van der Waals surface area contributed by atoms with Gasteiger partial charge in [0.25, 0.3) is 0 Å². The number of hydrogen-bond acceptors (Lipinski definition) is 7. The number of nitrogens with two attached hydrogens (primary N) is 1. The molecule has 0 aliphatic heterocycles. The van der Waals surface area contributed by atoms with E-state index in [-0.39, 0.29) is 53.5 Å². The average Bonchev–Trinajstić information content (AvgIpc) is 2.81. The van der Waals surface area contributed by atoms with Crippen LogP contribution in [0, 0.1) is 0 Å². The Labute approximate surface area is 229 Å². The smallest absolute Gasteiger partial charge is 0.548 e. The molecule has 0 amide bonds. The standard InChI is InChI=1S/C20H30O4.C5H9NO4.Na/c1-2-3-4-5-6-7-8-9-10-13-16-24-20(23)18-15-12-11-14-17(18)19(21)22;6-3(5(9)10)1-2-4(7)8;/h11-12,14-15H,2-10,13,16H2,1H3,(H,21,22);3H,1-2,6H2,(H,7,8)(H,9,10);/q;;+1/p-1/t;3-;/m.0./s1. The minimum Gasteiger partial charge on any atom is -0.548 e. The summed E-state index contributed by atoms with van der Waals surface area (Å²) in [5.74, 6) is -4.14. The average molecular weight is 504 g/mol. The van der Waals surface area contributed by atoms with Crippen molar-refractivity contribution in [2.75, 3.05) is 6.61 Å². The zero-order chi connectivity index (χ0) is 25.8. The number of carbonyl (C=O) groups excluding carboxylic acids is 2. The molecule has 1 aromatic rings. The predicted molar refractivity (Wildman–Crippen MR) is 125 cm³/mol. The van der Waals surface area contributed by atoms with Crippen LogP contribution >= 0.6 is 0 Å². The van der Waals surface area contributed by atoms with Crippen molar-refractivity contribution in [2.45, 2.75) is 90.0 Å². The van der Waals surface area contributed by atoms with Crippen molar-refractivity contribution in [3.05, 3.63) is 35.4 Å². The van der Waals surface area contributed by atoms with E-state index in [4.69, 9.17) is 20.7 Å². The summed E-state index contributed by atoms with van der Waals surface area (Å²) in [6.07, 6.45) is 11.9. The summed E-state index contributed by atoms with van der Waals surface area (Å²) in [5.41, 5.74) is 5.05. The van der Waals surface area contributed by atoms with Gasteiger partial charge in [0, 0.05) is 12.5 Å². The first kappa shape index (κ1) is 35.2. The fraction of sp³-hybridized carbons (Fsp3) is 0.600. The third-order valence-electron chi connectivity index (χ3n) is 5.08. The SMILES string of the molecule is CCCCCCCCCCCCOC(=O)c1ccccc1C(=O)O.N[C@@H](CCC(=O)O)C(=O)[O-].[Na+]. The summed E-state index contributed by atoms with van der Waals surface area (Å²) in [5, 5.41) is 27.0. The maximum Gasteiger partial charge on any atom is 1.00 e. The first-order valence-corrected chi connectivity index (χ1v) is 11.9. The number of aromatic carboxylic acids is 1. The van der Waals surface area contributed by atoms with Gasteiger partial charge in [0.05, 0.1) is 23.7 Å². The molecule has 10 heteroatoms. The largest absolute Gasteiger partial charge is 1.00 e. The minimum atomic E-state index is -1.42. The van der Waals surface area contributed by atoms with Crippen molar-refractivity contribution in [2.24, 2.45) is 5.73 Å². The topological polar surface area (TPSA) is 167 Å². The Kier molecular flexibility index (Phi) is 22.7. The maximum absolute atomic E-state index is 11.9. The number of rotatable bonds is 17. The van der Waals surface area contributed by atoms with E-state index in [2.05, 4.69) is 6.92 Å². The Morgan fingerprint density at radius 1 is 0.886 bits per heavy atom. The zero-order valence-corrected chi connectivity index (χ0v) is 23.0. The molecule has 9 nitrogen and oxygen atoms in total. The van der Waals surface area contributed by atoms with Gasteiger partial charge in [-0.25, -0.2) is 9.59 Å². The molecule has 35 heavy (non-hydrogen) atoms. The molecular formula is C25H38NNaO8. The second kappa shape index (κ2) is 22.5. The number of carbonyl (C=O) groups is 4. The van der Waals surface area contributed by atoms with Crippen LogP contribution in [-0.4, -0.2) is 46.7 Å². The Morgan fingerprint density at radius 2 is 1.37 bits per heavy atom. The van der Waals surface area contributed by atoms with Gasteiger partial charge in [-0.1, -0.05) is 76.8 Å². The van der Waals surface area contributed by atoms with Crippen LogP contribution in [-0.2, 0) is 14.3 Å². The van der Waals surface area contributed by atoms with Gasteiger partial charge in [0.1, 0.15) is 0 Å². The number of carboxylic acids is 3. The molecule has 0 spiro atoms. The van der Waals surface area contributed by atoms with Crippen LogP contribution < -0.4 is 40.4 Å². The first-order valence-electron chi connectivity index (χ1n) is 11.9. The third-order valence-corrected chi connectivity index (χ3v) is 5.08. The van der Waals surface area contributed by atoms with Crippen molar-refractivity contribution in [1.29, 1.82) is 0 Å². The molecule has 0 heterocycles. The van der Waals surface area contributed by atoms with Crippen molar-refractivity contribution in [1.82, 2.24) is 0 Å². The number of benzene rings is 1. The second-order valence-corrected chi connectivity index (χ2v) is 8.03. The maximum atomic E-state index is 11.9. The van der Waals surface area contributed by atoms with Crippen LogP contribution in [0.3, 0.4) is 0 Å². The van der Waals surface area contributed by atoms with Crippen LogP contribution in [0.15, 0.2) is 24.3 Å². The van der Waals surface area contributed by atoms with Gasteiger partial charge >= 0.3 is 47.5 Å². The minimum absolute atomic E-state index is 0. The fourth-order valence-corrected chi connectivity index (χ4v) is 3.08. The Balaban J connectivity index is 0. The van der Waals surface area contributed by atoms with Crippen molar-refractivity contribution >= 4 is 23.9 Å². The molecule has 0 radical (unpaired) electrons. The molecule has 0 bridgehead atoms. The molecule has 0 fully saturated rings. The normalized spacial score (nSPS) is 10.8. The Bertz CT molecular complexity index is 757. The molecule has 0 aliphatic carbocycles. The molecule has 0 saturated carbocycles. The van der Waals surface area contributed by atoms with Gasteiger partial charge in [-0.15, -0.1) is 0 Å². The van der Waals surface area contributed by atoms with E-state index in [1.807, 2.05) is 0 Å². The number of carboxylic acid groups (broad SMARTS) is 3. The third kappa shape index (κ3) is 19.0. The van der Waals surface area contributed by atoms with Crippen molar-refractivity contribution in [3.8, 4) is 0 Å². The summed E-state index contributed by atoms with van der Waals surface area (Å²) in [4.78, 5) is 42.8. The molecule has 0 unspecified atom stereocenters. The molecule has 1 atom stereocenters. The van der Waals surface area contributed by atoms with E-state index < -0.39 is 29.9 Å². The number of esters is 1. The van der Waals surface area contributed by atoms with Crippen LogP contribution in [0.1, 0.15) is 105 Å². The molecule has 0 saturated heterocycles. The molecule has 4 N–H and O–H groups in total. The van der Waals surface area contributed by atoms with E-state index in [1.54, 1.807) is 12.1 Å². The van der Waals surface area contributed by atoms with Crippen LogP contribution in [0.25, 0.3) is 0 Å². The van der Waals surface area contributed by atoms with E-state index in [0.29, 0.717) is 6.61 Å². The van der Waals surface area contributed by atoms with Crippen LogP contribution in [0.4, 0.5) is 0 Å². The summed E-state index contributed by atoms with van der Waals surface area (Å²) >= 11 is 0. The monoisotopic (exact) mass is 503 g/mol. The van der Waals surface area contributed by atoms with E-state index >= 15 is 0 Å². The Morgan fingerprint density at radius 3 is 1.83 bits per heavy atom. The molecule has 192 valence electrons. The first-order chi connectivity index (χ1) is 16.2. The summed E-state index contributed by atoms with van der Waals surface area (Å²) in [7, 11) is 0. The summed E-state index contributed by atoms with van der Waals surface area (Å²) in [6, 6.07) is 4.98. The van der Waals surface area contributed by atoms with Gasteiger partial charge in [0.2, 0.25) is 0 Å². The van der Waals surface area contributed by atoms with Gasteiger partial charge < -0.3 is 30.6 Å². The van der Waals surface area contributed by atoms with Crippen LogP contribution in [0.5, 0.6) is 0 Å². The zero-order valence-electron chi connectivity index (χ0n) is 21.0. The Hall–Kier alpha value is -1.94. The summed E-state index contributed by atoms with van der Waals surface area (Å²) in [6.45, 7) is 2.58. The number of hydrogen-bond donors (Lipinski definition) is 3. The number of ether oxygens (including phenoxy) is 1. The molecule has 1 aromatic carbocycles. The quantitative estimate of drug-likeness (QED) is 0.155. The van der Waals surface area contributed by atoms with Gasteiger partial charge in [0.15, 0.2) is 0 Å². The number of unbranched alkanes of at least 4 members (excludes halogenated alkanes) is 9. The number of aliphatic carboxylic acids is 2. The van der Waals surface area contributed by atoms with Gasteiger partial charge in [-0.05, 0) is 25.0 Å². The second-order valence-electron chi connectivity index (χ2n) is 8.03. The van der Waals surface area contributed by atoms with E-state index in [0.717, 1.165) is 19.3 Å².